The number of ether oxygens (including phenoxy) is 1. The number of hydrogen-bond acceptors (Lipinski definition) is 3. The monoisotopic (exact) mass is 228 g/mol. The molecule has 1 N–H and O–H groups in total. The topological polar surface area (TPSA) is 58.6 Å². The predicted molar refractivity (Wildman–Crippen MR) is 60.0 cm³/mol. The Balaban J connectivity index is 2.65. The Bertz CT molecular complexity index is 283. The van der Waals surface area contributed by atoms with Gasteiger partial charge in [-0.25, -0.2) is 9.59 Å². The van der Waals surface area contributed by atoms with Gasteiger partial charge < -0.3 is 15.0 Å². The maximum absolute atomic E-state index is 11.9. The van der Waals surface area contributed by atoms with Crippen molar-refractivity contribution in [2.45, 2.75) is 45.2 Å². The first-order valence-electron chi connectivity index (χ1n) is 5.52. The number of carbonyl (C=O) groups is 2. The summed E-state index contributed by atoms with van der Waals surface area (Å²) in [5, 5.41) is 2.85. The number of rotatable bonds is 1. The van der Waals surface area contributed by atoms with E-state index in [1.165, 1.54) is 7.11 Å². The number of methoxy groups -OCH3 is 1. The van der Waals surface area contributed by atoms with Crippen LogP contribution in [0.1, 0.15) is 33.6 Å². The smallest absolute Gasteiger partial charge is 0.328 e. The fraction of sp³-hybridized carbons (Fsp3) is 0.818. The second-order valence-corrected chi connectivity index (χ2v) is 5.05. The van der Waals surface area contributed by atoms with Crippen LogP contribution in [-0.2, 0) is 9.53 Å². The Morgan fingerprint density at radius 2 is 2.00 bits per heavy atom. The maximum Gasteiger partial charge on any atom is 0.328 e. The van der Waals surface area contributed by atoms with Crippen LogP contribution < -0.4 is 5.32 Å². The quantitative estimate of drug-likeness (QED) is 0.684. The third kappa shape index (κ3) is 3.12. The number of esters is 1. The SMILES string of the molecule is COC(=O)[C@@H]1CCCN1C(=O)NC(C)(C)C. The standard InChI is InChI=1S/C11H20N2O3/c1-11(2,3)12-10(15)13-7-5-6-8(13)9(14)16-4/h8H,5-7H2,1-4H3,(H,12,15)/t8-/m0/s1. The van der Waals surface area contributed by atoms with Crippen LogP contribution in [0.4, 0.5) is 4.79 Å². The highest BCUT2D eigenvalue weighted by Gasteiger charge is 2.35. The third-order valence-electron chi connectivity index (χ3n) is 2.47. The van der Waals surface area contributed by atoms with Crippen molar-refractivity contribution in [3.8, 4) is 0 Å². The zero-order valence-electron chi connectivity index (χ0n) is 10.4. The fourth-order valence-corrected chi connectivity index (χ4v) is 1.78. The van der Waals surface area contributed by atoms with E-state index in [1.807, 2.05) is 20.8 Å². The summed E-state index contributed by atoms with van der Waals surface area (Å²) in [6, 6.07) is -0.618. The van der Waals surface area contributed by atoms with Gasteiger partial charge in [-0.15, -0.1) is 0 Å². The molecule has 1 saturated heterocycles. The summed E-state index contributed by atoms with van der Waals surface area (Å²) in [6.45, 7) is 6.35. The van der Waals surface area contributed by atoms with Crippen LogP contribution in [0.5, 0.6) is 0 Å². The Hall–Kier alpha value is -1.26. The van der Waals surface area contributed by atoms with E-state index in [0.717, 1.165) is 6.42 Å². The molecule has 1 aliphatic heterocycles. The molecule has 92 valence electrons. The summed E-state index contributed by atoms with van der Waals surface area (Å²) >= 11 is 0. The van der Waals surface area contributed by atoms with Crippen molar-refractivity contribution in [3.63, 3.8) is 0 Å². The molecule has 1 fully saturated rings. The van der Waals surface area contributed by atoms with Crippen molar-refractivity contribution in [3.05, 3.63) is 0 Å². The van der Waals surface area contributed by atoms with Gasteiger partial charge in [0.1, 0.15) is 6.04 Å². The van der Waals surface area contributed by atoms with Crippen LogP contribution >= 0.6 is 0 Å². The summed E-state index contributed by atoms with van der Waals surface area (Å²) in [6.07, 6.45) is 1.53. The molecule has 0 saturated carbocycles. The number of urea groups is 1. The summed E-state index contributed by atoms with van der Waals surface area (Å²) in [5.41, 5.74) is -0.291. The first kappa shape index (κ1) is 12.8. The molecule has 5 nitrogen and oxygen atoms in total. The van der Waals surface area contributed by atoms with Crippen LogP contribution in [0.25, 0.3) is 0 Å². The van der Waals surface area contributed by atoms with Crippen LogP contribution in [0.15, 0.2) is 0 Å². The van der Waals surface area contributed by atoms with Crippen LogP contribution in [0.2, 0.25) is 0 Å². The molecule has 0 aromatic rings. The average Bonchev–Trinajstić information content (AvgIpc) is 2.62. The number of nitrogens with zero attached hydrogens (tertiary/aromatic N) is 1. The van der Waals surface area contributed by atoms with E-state index in [1.54, 1.807) is 4.90 Å². The van der Waals surface area contributed by atoms with Crippen LogP contribution in [0.3, 0.4) is 0 Å². The summed E-state index contributed by atoms with van der Waals surface area (Å²) < 4.78 is 4.68. The predicted octanol–water partition coefficient (Wildman–Crippen LogP) is 1.13. The Morgan fingerprint density at radius 1 is 1.38 bits per heavy atom. The van der Waals surface area contributed by atoms with E-state index >= 15 is 0 Å². The number of amides is 2. The lowest BCUT2D eigenvalue weighted by atomic mass is 10.1. The number of hydrogen-bond donors (Lipinski definition) is 1. The van der Waals surface area contributed by atoms with Gasteiger partial charge in [0, 0.05) is 12.1 Å². The number of likely N-dealkylation sites (tertiary alicyclic amines) is 1. The van der Waals surface area contributed by atoms with Gasteiger partial charge in [0.05, 0.1) is 7.11 Å². The lowest BCUT2D eigenvalue weighted by molar-refractivity contribution is -0.144. The highest BCUT2D eigenvalue weighted by molar-refractivity contribution is 5.84. The van der Waals surface area contributed by atoms with Gasteiger partial charge in [0.15, 0.2) is 0 Å². The van der Waals surface area contributed by atoms with E-state index in [9.17, 15) is 9.59 Å². The third-order valence-corrected chi connectivity index (χ3v) is 2.47. The maximum atomic E-state index is 11.9. The fourth-order valence-electron chi connectivity index (χ4n) is 1.78. The highest BCUT2D eigenvalue weighted by atomic mass is 16.5. The van der Waals surface area contributed by atoms with Crippen molar-refractivity contribution in [2.24, 2.45) is 0 Å². The summed E-state index contributed by atoms with van der Waals surface area (Å²) in [7, 11) is 1.35. The molecule has 0 aromatic carbocycles. The zero-order valence-corrected chi connectivity index (χ0v) is 10.4. The van der Waals surface area contributed by atoms with Gasteiger partial charge in [-0.05, 0) is 33.6 Å². The molecule has 0 radical (unpaired) electrons. The minimum Gasteiger partial charge on any atom is -0.467 e. The first-order chi connectivity index (χ1) is 7.35. The van der Waals surface area contributed by atoms with Gasteiger partial charge in [0.2, 0.25) is 0 Å². The Labute approximate surface area is 96.1 Å². The molecular formula is C11H20N2O3. The second-order valence-electron chi connectivity index (χ2n) is 5.05. The molecule has 1 atom stereocenters. The first-order valence-corrected chi connectivity index (χ1v) is 5.52. The van der Waals surface area contributed by atoms with Gasteiger partial charge in [-0.1, -0.05) is 0 Å². The molecule has 2 amide bonds. The Morgan fingerprint density at radius 3 is 2.50 bits per heavy atom. The molecule has 1 aliphatic rings. The van der Waals surface area contributed by atoms with E-state index in [4.69, 9.17) is 0 Å². The van der Waals surface area contributed by atoms with Crippen LogP contribution in [0, 0.1) is 0 Å². The van der Waals surface area contributed by atoms with Crippen molar-refractivity contribution < 1.29 is 14.3 Å². The molecular weight excluding hydrogens is 208 g/mol. The summed E-state index contributed by atoms with van der Waals surface area (Å²) in [4.78, 5) is 24.9. The lowest BCUT2D eigenvalue weighted by Crippen LogP contribution is -2.51. The zero-order chi connectivity index (χ0) is 12.3. The van der Waals surface area contributed by atoms with Gasteiger partial charge in [-0.3, -0.25) is 0 Å². The average molecular weight is 228 g/mol. The molecule has 0 unspecified atom stereocenters. The lowest BCUT2D eigenvalue weighted by Gasteiger charge is -2.28. The molecule has 0 spiro atoms. The van der Waals surface area contributed by atoms with E-state index < -0.39 is 6.04 Å². The highest BCUT2D eigenvalue weighted by Crippen LogP contribution is 2.19. The number of nitrogens with one attached hydrogen (secondary N) is 1. The largest absolute Gasteiger partial charge is 0.467 e. The normalized spacial score (nSPS) is 20.8. The van der Waals surface area contributed by atoms with Crippen LogP contribution in [-0.4, -0.2) is 42.1 Å². The Kier molecular flexibility index (Phi) is 3.78. The number of carbonyl (C=O) groups excluding carboxylic acids is 2. The van der Waals surface area contributed by atoms with E-state index in [0.29, 0.717) is 13.0 Å². The molecule has 0 aromatic heterocycles. The van der Waals surface area contributed by atoms with Crippen molar-refractivity contribution >= 4 is 12.0 Å². The van der Waals surface area contributed by atoms with Crippen molar-refractivity contribution in [1.82, 2.24) is 10.2 Å². The van der Waals surface area contributed by atoms with E-state index in [-0.39, 0.29) is 17.5 Å². The van der Waals surface area contributed by atoms with Gasteiger partial charge in [-0.2, -0.15) is 0 Å². The van der Waals surface area contributed by atoms with Gasteiger partial charge >= 0.3 is 12.0 Å². The molecule has 1 heterocycles. The van der Waals surface area contributed by atoms with Gasteiger partial charge in [0.25, 0.3) is 0 Å². The minimum absolute atomic E-state index is 0.194. The van der Waals surface area contributed by atoms with Crippen molar-refractivity contribution in [2.75, 3.05) is 13.7 Å². The molecule has 0 bridgehead atoms. The van der Waals surface area contributed by atoms with E-state index in [2.05, 4.69) is 10.1 Å². The molecule has 5 heteroatoms. The van der Waals surface area contributed by atoms with Crippen molar-refractivity contribution in [1.29, 1.82) is 0 Å². The minimum atomic E-state index is -0.424. The molecule has 16 heavy (non-hydrogen) atoms. The summed E-state index contributed by atoms with van der Waals surface area (Å²) in [5.74, 6) is -0.332. The second kappa shape index (κ2) is 4.72. The molecule has 0 aliphatic carbocycles. The molecule has 1 rings (SSSR count).